The predicted octanol–water partition coefficient (Wildman–Crippen LogP) is 4.75. The molecule has 0 amide bonds. The van der Waals surface area contributed by atoms with E-state index in [0.29, 0.717) is 0 Å². The molecule has 0 fully saturated rings. The van der Waals surface area contributed by atoms with Crippen molar-refractivity contribution < 1.29 is 8.78 Å². The minimum absolute atomic E-state index is 0.155. The van der Waals surface area contributed by atoms with E-state index in [0.717, 1.165) is 31.3 Å². The van der Waals surface area contributed by atoms with Gasteiger partial charge in [-0.15, -0.1) is 0 Å². The van der Waals surface area contributed by atoms with Crippen LogP contribution >= 0.6 is 0 Å². The first-order valence-electron chi connectivity index (χ1n) is 5.79. The Bertz CT molecular complexity index is 265. The lowest BCUT2D eigenvalue weighted by atomic mass is 10.1. The smallest absolute Gasteiger partial charge is 0.255 e. The molecule has 0 atom stereocenters. The molecule has 0 aromatic carbocycles. The van der Waals surface area contributed by atoms with Gasteiger partial charge in [0.15, 0.2) is 0 Å². The molecule has 3 heteroatoms. The summed E-state index contributed by atoms with van der Waals surface area (Å²) in [6, 6.07) is 0. The second kappa shape index (κ2) is 9.25. The summed E-state index contributed by atoms with van der Waals surface area (Å²) in [6.07, 6.45) is 5.99. The number of hydrogen-bond donors (Lipinski definition) is 0. The van der Waals surface area contributed by atoms with E-state index < -0.39 is 6.43 Å². The van der Waals surface area contributed by atoms with Gasteiger partial charge in [-0.3, -0.25) is 4.99 Å². The molecule has 0 unspecified atom stereocenters. The number of aliphatic imine (C=N–C) groups is 1. The molecule has 16 heavy (non-hydrogen) atoms. The average molecular weight is 229 g/mol. The zero-order valence-corrected chi connectivity index (χ0v) is 10.3. The largest absolute Gasteiger partial charge is 0.280 e. The van der Waals surface area contributed by atoms with Crippen molar-refractivity contribution in [1.82, 2.24) is 0 Å². The van der Waals surface area contributed by atoms with Crippen molar-refractivity contribution in [2.45, 2.75) is 52.9 Å². The third-order valence-electron chi connectivity index (χ3n) is 2.11. The molecule has 0 spiro atoms. The van der Waals surface area contributed by atoms with E-state index in [1.54, 1.807) is 12.3 Å². The molecule has 0 aliphatic rings. The van der Waals surface area contributed by atoms with Gasteiger partial charge in [-0.05, 0) is 32.3 Å². The SMILES string of the molecule is CCC=C/C(=N\C=C(/C)CCCC)C(F)F. The van der Waals surface area contributed by atoms with Crippen LogP contribution in [0.25, 0.3) is 0 Å². The summed E-state index contributed by atoms with van der Waals surface area (Å²) >= 11 is 0. The van der Waals surface area contributed by atoms with Crippen LogP contribution in [0.15, 0.2) is 28.9 Å². The van der Waals surface area contributed by atoms with Crippen LogP contribution in [-0.2, 0) is 0 Å². The van der Waals surface area contributed by atoms with E-state index in [9.17, 15) is 8.78 Å². The first-order chi connectivity index (χ1) is 7.61. The highest BCUT2D eigenvalue weighted by Gasteiger charge is 2.07. The number of nitrogens with zero attached hydrogens (tertiary/aromatic N) is 1. The highest BCUT2D eigenvalue weighted by atomic mass is 19.3. The summed E-state index contributed by atoms with van der Waals surface area (Å²) in [5, 5.41) is 0. The van der Waals surface area contributed by atoms with Crippen molar-refractivity contribution in [3.05, 3.63) is 23.9 Å². The second-order valence-electron chi connectivity index (χ2n) is 3.74. The normalized spacial score (nSPS) is 14.1. The minimum Gasteiger partial charge on any atom is -0.255 e. The molecule has 0 radical (unpaired) electrons. The van der Waals surface area contributed by atoms with Gasteiger partial charge in [0.1, 0.15) is 5.71 Å². The van der Waals surface area contributed by atoms with Crippen molar-refractivity contribution in [2.24, 2.45) is 4.99 Å². The van der Waals surface area contributed by atoms with Gasteiger partial charge in [0.25, 0.3) is 6.43 Å². The molecule has 0 bridgehead atoms. The predicted molar refractivity (Wildman–Crippen MR) is 66.2 cm³/mol. The summed E-state index contributed by atoms with van der Waals surface area (Å²) < 4.78 is 25.0. The minimum atomic E-state index is -2.50. The quantitative estimate of drug-likeness (QED) is 0.558. The molecular formula is C13H21F2N. The van der Waals surface area contributed by atoms with Crippen LogP contribution in [0.2, 0.25) is 0 Å². The standard InChI is InChI=1S/C13H21F2N/c1-4-6-8-11(3)10-16-12(13(14)15)9-7-5-2/h7,9-10,13H,4-6,8H2,1-3H3/b9-7?,11-10+,16-12+. The Kier molecular flexibility index (Phi) is 8.68. The molecule has 0 saturated heterocycles. The second-order valence-corrected chi connectivity index (χ2v) is 3.74. The van der Waals surface area contributed by atoms with Crippen molar-refractivity contribution in [3.63, 3.8) is 0 Å². The Morgan fingerprint density at radius 3 is 2.50 bits per heavy atom. The average Bonchev–Trinajstić information content (AvgIpc) is 2.25. The molecule has 0 rings (SSSR count). The summed E-state index contributed by atoms with van der Waals surface area (Å²) in [5.41, 5.74) is 0.891. The molecule has 92 valence electrons. The fourth-order valence-corrected chi connectivity index (χ4v) is 1.12. The van der Waals surface area contributed by atoms with Crippen molar-refractivity contribution in [1.29, 1.82) is 0 Å². The van der Waals surface area contributed by atoms with E-state index in [1.807, 2.05) is 13.8 Å². The molecule has 0 N–H and O–H groups in total. The first-order valence-corrected chi connectivity index (χ1v) is 5.79. The Morgan fingerprint density at radius 2 is 2.00 bits per heavy atom. The van der Waals surface area contributed by atoms with E-state index in [4.69, 9.17) is 0 Å². The summed E-state index contributed by atoms with van der Waals surface area (Å²) in [6.45, 7) is 5.93. The highest BCUT2D eigenvalue weighted by molar-refractivity contribution is 5.97. The number of allylic oxidation sites excluding steroid dienone is 3. The molecule has 1 nitrogen and oxygen atoms in total. The van der Waals surface area contributed by atoms with Crippen molar-refractivity contribution in [3.8, 4) is 0 Å². The van der Waals surface area contributed by atoms with E-state index in [-0.39, 0.29) is 5.71 Å². The van der Waals surface area contributed by atoms with E-state index in [1.165, 1.54) is 6.08 Å². The molecular weight excluding hydrogens is 208 g/mol. The van der Waals surface area contributed by atoms with Gasteiger partial charge in [-0.1, -0.05) is 31.9 Å². The van der Waals surface area contributed by atoms with Gasteiger partial charge >= 0.3 is 0 Å². The topological polar surface area (TPSA) is 12.4 Å². The number of halogens is 2. The third kappa shape index (κ3) is 7.32. The van der Waals surface area contributed by atoms with Crippen LogP contribution < -0.4 is 0 Å². The molecule has 0 aromatic rings. The maximum Gasteiger partial charge on any atom is 0.280 e. The van der Waals surface area contributed by atoms with Gasteiger partial charge in [-0.2, -0.15) is 0 Å². The Morgan fingerprint density at radius 1 is 1.31 bits per heavy atom. The Labute approximate surface area is 97.0 Å². The molecule has 0 aliphatic carbocycles. The number of unbranched alkanes of at least 4 members (excludes halogenated alkanes) is 1. The lowest BCUT2D eigenvalue weighted by Crippen LogP contribution is -2.06. The maximum absolute atomic E-state index is 12.5. The van der Waals surface area contributed by atoms with Crippen LogP contribution in [0.5, 0.6) is 0 Å². The Balaban J connectivity index is 4.48. The van der Waals surface area contributed by atoms with Gasteiger partial charge < -0.3 is 0 Å². The zero-order valence-electron chi connectivity index (χ0n) is 10.3. The summed E-state index contributed by atoms with van der Waals surface area (Å²) in [7, 11) is 0. The van der Waals surface area contributed by atoms with Crippen LogP contribution in [0.4, 0.5) is 8.78 Å². The monoisotopic (exact) mass is 229 g/mol. The third-order valence-corrected chi connectivity index (χ3v) is 2.11. The molecule has 0 aliphatic heterocycles. The van der Waals surface area contributed by atoms with Gasteiger partial charge in [-0.25, -0.2) is 8.78 Å². The highest BCUT2D eigenvalue weighted by Crippen LogP contribution is 2.07. The van der Waals surface area contributed by atoms with E-state index in [2.05, 4.69) is 11.9 Å². The van der Waals surface area contributed by atoms with Crippen LogP contribution in [0.3, 0.4) is 0 Å². The van der Waals surface area contributed by atoms with Gasteiger partial charge in [0, 0.05) is 6.20 Å². The van der Waals surface area contributed by atoms with Crippen molar-refractivity contribution >= 4 is 5.71 Å². The fourth-order valence-electron chi connectivity index (χ4n) is 1.12. The summed E-state index contributed by atoms with van der Waals surface area (Å²) in [4.78, 5) is 3.83. The van der Waals surface area contributed by atoms with Crippen LogP contribution in [0, 0.1) is 0 Å². The van der Waals surface area contributed by atoms with Gasteiger partial charge in [0.2, 0.25) is 0 Å². The van der Waals surface area contributed by atoms with Crippen molar-refractivity contribution in [2.75, 3.05) is 0 Å². The first kappa shape index (κ1) is 15.0. The molecule has 0 saturated carbocycles. The fraction of sp³-hybridized carbons (Fsp3) is 0.615. The lowest BCUT2D eigenvalue weighted by molar-refractivity contribution is 0.227. The van der Waals surface area contributed by atoms with Crippen LogP contribution in [-0.4, -0.2) is 12.1 Å². The molecule has 0 heterocycles. The molecule has 0 aromatic heterocycles. The zero-order chi connectivity index (χ0) is 12.4. The maximum atomic E-state index is 12.5. The lowest BCUT2D eigenvalue weighted by Gasteiger charge is -1.99. The van der Waals surface area contributed by atoms with Crippen LogP contribution in [0.1, 0.15) is 46.5 Å². The Hall–Kier alpha value is -0.990. The van der Waals surface area contributed by atoms with E-state index >= 15 is 0 Å². The number of rotatable bonds is 7. The number of alkyl halides is 2. The summed E-state index contributed by atoms with van der Waals surface area (Å²) in [5.74, 6) is 0. The van der Waals surface area contributed by atoms with Gasteiger partial charge in [0.05, 0.1) is 0 Å². The number of hydrogen-bond acceptors (Lipinski definition) is 1.